The maximum absolute atomic E-state index is 9.71. The monoisotopic (exact) mass is 769 g/mol. The third kappa shape index (κ3) is 5.32. The van der Waals surface area contributed by atoms with Crippen molar-refractivity contribution < 1.29 is 4.42 Å². The van der Waals surface area contributed by atoms with Crippen LogP contribution in [-0.2, 0) is 17.3 Å². The van der Waals surface area contributed by atoms with E-state index in [-0.39, 0.29) is 10.8 Å². The molecule has 0 N–H and O–H groups in total. The van der Waals surface area contributed by atoms with E-state index in [0.717, 1.165) is 45.1 Å². The van der Waals surface area contributed by atoms with Crippen molar-refractivity contribution >= 4 is 43.5 Å². The van der Waals surface area contributed by atoms with Crippen LogP contribution in [0.1, 0.15) is 55.5 Å². The van der Waals surface area contributed by atoms with Crippen molar-refractivity contribution in [3.05, 3.63) is 204 Å². The number of rotatable bonds is 3. The second-order valence-corrected chi connectivity index (χ2v) is 17.6. The summed E-state index contributed by atoms with van der Waals surface area (Å²) in [5, 5.41) is 16.5. The molecule has 0 aliphatic heterocycles. The summed E-state index contributed by atoms with van der Waals surface area (Å²) in [7, 11) is 0. The van der Waals surface area contributed by atoms with Crippen LogP contribution in [0.5, 0.6) is 0 Å². The first-order valence-corrected chi connectivity index (χ1v) is 20.9. The van der Waals surface area contributed by atoms with Gasteiger partial charge in [-0.25, -0.2) is 0 Å². The highest BCUT2D eigenvalue weighted by Crippen LogP contribution is 2.52. The normalized spacial score (nSPS) is 16.1. The third-order valence-corrected chi connectivity index (χ3v) is 13.6. The lowest BCUT2D eigenvalue weighted by Gasteiger charge is -2.29. The smallest absolute Gasteiger partial charge is 0.135 e. The van der Waals surface area contributed by atoms with Crippen molar-refractivity contribution in [2.45, 2.75) is 44.9 Å². The highest BCUT2D eigenvalue weighted by atomic mass is 16.3. The number of benzene rings is 8. The van der Waals surface area contributed by atoms with Crippen LogP contribution in [-0.4, -0.2) is 0 Å². The number of nitriles is 1. The van der Waals surface area contributed by atoms with Gasteiger partial charge in [-0.1, -0.05) is 150 Å². The average molecular weight is 770 g/mol. The fourth-order valence-corrected chi connectivity index (χ4v) is 10.2. The summed E-state index contributed by atoms with van der Waals surface area (Å²) in [4.78, 5) is 0. The standard InChI is InChI=1S/C58H43NO/c1-35-13-7-6-8-14-37-20-21-40(32-51(37)57(35,2)3)56-45-17-10-9-16-44(45)55(41-23-25-43-42-15-11-12-18-50(42)58(4,5)52(43)33-41)46-26-22-38(31-49(46)56)39-24-28-54-48(30-39)47-29-36(34-59)19-27-53(47)60-54/h6-13,15-33H,1,14H2,2-5H3/b8-6-,13-7-. The van der Waals surface area contributed by atoms with Crippen LogP contribution in [0.15, 0.2) is 180 Å². The largest absolute Gasteiger partial charge is 0.456 e. The molecule has 8 aromatic carbocycles. The van der Waals surface area contributed by atoms with Crippen molar-refractivity contribution in [2.24, 2.45) is 0 Å². The van der Waals surface area contributed by atoms with Gasteiger partial charge >= 0.3 is 0 Å². The molecule has 1 aromatic heterocycles. The lowest BCUT2D eigenvalue weighted by atomic mass is 9.74. The predicted octanol–water partition coefficient (Wildman–Crippen LogP) is 15.6. The van der Waals surface area contributed by atoms with E-state index in [1.54, 1.807) is 0 Å². The Morgan fingerprint density at radius 1 is 0.517 bits per heavy atom. The highest BCUT2D eigenvalue weighted by Gasteiger charge is 2.35. The molecule has 0 atom stereocenters. The molecule has 0 spiro atoms. The van der Waals surface area contributed by atoms with Crippen molar-refractivity contribution in [1.82, 2.24) is 0 Å². The van der Waals surface area contributed by atoms with Gasteiger partial charge < -0.3 is 4.42 Å². The Hall–Kier alpha value is -7.21. The first-order chi connectivity index (χ1) is 29.1. The number of fused-ring (bicyclic) bond motifs is 9. The Kier molecular flexibility index (Phi) is 7.87. The van der Waals surface area contributed by atoms with Crippen LogP contribution in [0.2, 0.25) is 0 Å². The Morgan fingerprint density at radius 3 is 1.90 bits per heavy atom. The van der Waals surface area contributed by atoms with E-state index in [0.29, 0.717) is 5.56 Å². The fraction of sp³-hybridized carbons (Fsp3) is 0.121. The minimum atomic E-state index is -0.270. The molecule has 2 aliphatic rings. The van der Waals surface area contributed by atoms with Crippen molar-refractivity contribution in [2.75, 3.05) is 0 Å². The Bertz CT molecular complexity index is 3430. The van der Waals surface area contributed by atoms with Gasteiger partial charge in [0.15, 0.2) is 0 Å². The predicted molar refractivity (Wildman–Crippen MR) is 251 cm³/mol. The van der Waals surface area contributed by atoms with Gasteiger partial charge in [-0.3, -0.25) is 0 Å². The summed E-state index contributed by atoms with van der Waals surface area (Å²) in [5.41, 5.74) is 18.0. The quantitative estimate of drug-likeness (QED) is 0.168. The van der Waals surface area contributed by atoms with E-state index in [1.165, 1.54) is 77.2 Å². The molecule has 60 heavy (non-hydrogen) atoms. The number of allylic oxidation sites excluding steroid dienone is 5. The van der Waals surface area contributed by atoms with Gasteiger partial charge in [-0.2, -0.15) is 5.26 Å². The molecule has 11 rings (SSSR count). The van der Waals surface area contributed by atoms with E-state index in [1.807, 2.05) is 18.2 Å². The third-order valence-electron chi connectivity index (χ3n) is 13.6. The van der Waals surface area contributed by atoms with Gasteiger partial charge in [-0.05, 0) is 149 Å². The van der Waals surface area contributed by atoms with Crippen molar-refractivity contribution in [1.29, 1.82) is 5.26 Å². The molecule has 2 nitrogen and oxygen atoms in total. The Balaban J connectivity index is 1.20. The Labute approximate surface area is 351 Å². The molecule has 2 heteroatoms. The minimum Gasteiger partial charge on any atom is -0.456 e. The summed E-state index contributed by atoms with van der Waals surface area (Å²) in [6.45, 7) is 13.9. The second kappa shape index (κ2) is 13.2. The van der Waals surface area contributed by atoms with Gasteiger partial charge in [0.25, 0.3) is 0 Å². The zero-order valence-electron chi connectivity index (χ0n) is 34.4. The molecule has 1 heterocycles. The lowest BCUT2D eigenvalue weighted by Crippen LogP contribution is -2.20. The van der Waals surface area contributed by atoms with Crippen LogP contribution < -0.4 is 0 Å². The first kappa shape index (κ1) is 35.9. The van der Waals surface area contributed by atoms with Crippen LogP contribution in [0, 0.1) is 11.3 Å². The van der Waals surface area contributed by atoms with E-state index in [2.05, 4.69) is 186 Å². The molecule has 0 saturated heterocycles. The molecule has 2 aliphatic carbocycles. The highest BCUT2D eigenvalue weighted by molar-refractivity contribution is 6.22. The van der Waals surface area contributed by atoms with E-state index in [4.69, 9.17) is 4.42 Å². The zero-order valence-corrected chi connectivity index (χ0v) is 34.4. The molecule has 0 amide bonds. The molecule has 0 radical (unpaired) electrons. The maximum Gasteiger partial charge on any atom is 0.135 e. The zero-order chi connectivity index (χ0) is 40.9. The van der Waals surface area contributed by atoms with Crippen molar-refractivity contribution in [3.63, 3.8) is 0 Å². The lowest BCUT2D eigenvalue weighted by molar-refractivity contribution is 0.635. The van der Waals surface area contributed by atoms with Gasteiger partial charge in [0.2, 0.25) is 0 Å². The topological polar surface area (TPSA) is 36.9 Å². The number of furan rings is 1. The summed E-state index contributed by atoms with van der Waals surface area (Å²) in [6, 6.07) is 53.5. The van der Waals surface area contributed by atoms with E-state index >= 15 is 0 Å². The van der Waals surface area contributed by atoms with Crippen molar-refractivity contribution in [3.8, 4) is 50.6 Å². The van der Waals surface area contributed by atoms with Crippen LogP contribution in [0.25, 0.3) is 88.0 Å². The molecular weight excluding hydrogens is 727 g/mol. The molecule has 9 aromatic rings. The molecule has 0 saturated carbocycles. The molecule has 0 fully saturated rings. The second-order valence-electron chi connectivity index (χ2n) is 17.6. The van der Waals surface area contributed by atoms with Crippen LogP contribution in [0.3, 0.4) is 0 Å². The number of hydrogen-bond acceptors (Lipinski definition) is 2. The molecule has 286 valence electrons. The Morgan fingerprint density at radius 2 is 1.12 bits per heavy atom. The average Bonchev–Trinajstić information content (AvgIpc) is 3.76. The summed E-state index contributed by atoms with van der Waals surface area (Å²) in [5.74, 6) is 0. The molecular formula is C58H43NO. The summed E-state index contributed by atoms with van der Waals surface area (Å²) < 4.78 is 6.24. The molecule has 0 unspecified atom stereocenters. The summed E-state index contributed by atoms with van der Waals surface area (Å²) in [6.07, 6.45) is 9.51. The van der Waals surface area contributed by atoms with Gasteiger partial charge in [-0.15, -0.1) is 0 Å². The first-order valence-electron chi connectivity index (χ1n) is 20.9. The molecule has 0 bridgehead atoms. The van der Waals surface area contributed by atoms with E-state index < -0.39 is 0 Å². The SMILES string of the molecule is C=C1/C=C\C=C/Cc2ccc(-c3c4ccccc4c(-c4ccc5c(c4)C(C)(C)c4ccccc4-5)c4ccc(-c5ccc6oc7ccc(C#N)cc7c6c5)cc34)cc2C1(C)C. The summed E-state index contributed by atoms with van der Waals surface area (Å²) >= 11 is 0. The number of hydrogen-bond donors (Lipinski definition) is 0. The van der Waals surface area contributed by atoms with Crippen LogP contribution >= 0.6 is 0 Å². The number of nitrogens with zero attached hydrogens (tertiary/aromatic N) is 1. The fourth-order valence-electron chi connectivity index (χ4n) is 10.2. The van der Waals surface area contributed by atoms with E-state index in [9.17, 15) is 5.26 Å². The van der Waals surface area contributed by atoms with Gasteiger partial charge in [0.05, 0.1) is 11.6 Å². The minimum absolute atomic E-state index is 0.120. The van der Waals surface area contributed by atoms with Crippen LogP contribution in [0.4, 0.5) is 0 Å². The van der Waals surface area contributed by atoms with Gasteiger partial charge in [0.1, 0.15) is 11.2 Å². The maximum atomic E-state index is 9.71. The van der Waals surface area contributed by atoms with Gasteiger partial charge in [0, 0.05) is 21.6 Å².